The minimum atomic E-state index is -0.424. The summed E-state index contributed by atoms with van der Waals surface area (Å²) in [5.41, 5.74) is 0. The Kier molecular flexibility index (Phi) is 3.71. The van der Waals surface area contributed by atoms with Crippen molar-refractivity contribution in [2.24, 2.45) is 0 Å². The van der Waals surface area contributed by atoms with Crippen LogP contribution in [0.15, 0.2) is 22.7 Å². The minimum absolute atomic E-state index is 0.179. The molecule has 13 heavy (non-hydrogen) atoms. The maximum atomic E-state index is 13.0. The maximum absolute atomic E-state index is 13.0. The van der Waals surface area contributed by atoms with Gasteiger partial charge in [-0.3, -0.25) is 0 Å². The average molecular weight is 244 g/mol. The highest BCUT2D eigenvalue weighted by molar-refractivity contribution is 9.10. The third kappa shape index (κ3) is 3.03. The van der Waals surface area contributed by atoms with E-state index in [2.05, 4.69) is 15.9 Å². The van der Waals surface area contributed by atoms with Crippen molar-refractivity contribution >= 4 is 15.9 Å². The molecule has 1 aromatic rings. The van der Waals surface area contributed by atoms with Crippen molar-refractivity contribution in [3.63, 3.8) is 0 Å². The van der Waals surface area contributed by atoms with E-state index in [0.717, 1.165) is 0 Å². The zero-order valence-corrected chi connectivity index (χ0v) is 8.34. The summed E-state index contributed by atoms with van der Waals surface area (Å²) in [6.07, 6.45) is 0.259. The zero-order valence-electron chi connectivity index (χ0n) is 6.76. The quantitative estimate of drug-likeness (QED) is 0.766. The maximum Gasteiger partial charge on any atom is 0.166 e. The fraction of sp³-hybridized carbons (Fsp3) is 0.222. The lowest BCUT2D eigenvalue weighted by molar-refractivity contribution is 0.309. The molecule has 0 heterocycles. The molecule has 0 atom stereocenters. The van der Waals surface area contributed by atoms with Gasteiger partial charge in [0.1, 0.15) is 6.61 Å². The summed E-state index contributed by atoms with van der Waals surface area (Å²) in [6.45, 7) is 0.217. The summed E-state index contributed by atoms with van der Waals surface area (Å²) in [6, 6.07) is 6.44. The second kappa shape index (κ2) is 4.83. The molecule has 0 fully saturated rings. The lowest BCUT2D eigenvalue weighted by atomic mass is 10.3. The highest BCUT2D eigenvalue weighted by Gasteiger charge is 2.02. The Morgan fingerprint density at radius 3 is 2.92 bits per heavy atom. The molecule has 0 aromatic heterocycles. The minimum Gasteiger partial charge on any atom is -0.489 e. The highest BCUT2D eigenvalue weighted by Crippen LogP contribution is 2.21. The van der Waals surface area contributed by atoms with Gasteiger partial charge in [0.25, 0.3) is 0 Å². The van der Waals surface area contributed by atoms with E-state index in [1.807, 2.05) is 6.07 Å². The van der Waals surface area contributed by atoms with Crippen LogP contribution in [0.25, 0.3) is 0 Å². The number of hydrogen-bond donors (Lipinski definition) is 0. The van der Waals surface area contributed by atoms with E-state index in [1.165, 1.54) is 12.1 Å². The number of hydrogen-bond acceptors (Lipinski definition) is 2. The third-order valence-corrected chi connectivity index (χ3v) is 1.86. The summed E-state index contributed by atoms with van der Waals surface area (Å²) in [4.78, 5) is 0. The van der Waals surface area contributed by atoms with Gasteiger partial charge in [0.05, 0.1) is 12.5 Å². The molecule has 0 bridgehead atoms. The van der Waals surface area contributed by atoms with Gasteiger partial charge in [0, 0.05) is 4.47 Å². The molecule has 1 rings (SSSR count). The molecule has 0 unspecified atom stereocenters. The summed E-state index contributed by atoms with van der Waals surface area (Å²) >= 11 is 3.13. The van der Waals surface area contributed by atoms with Gasteiger partial charge in [-0.1, -0.05) is 15.9 Å². The number of rotatable bonds is 3. The van der Waals surface area contributed by atoms with E-state index < -0.39 is 5.82 Å². The molecule has 0 aliphatic carbocycles. The van der Waals surface area contributed by atoms with Crippen LogP contribution in [0, 0.1) is 17.1 Å². The van der Waals surface area contributed by atoms with Gasteiger partial charge in [0.2, 0.25) is 0 Å². The van der Waals surface area contributed by atoms with Crippen molar-refractivity contribution in [1.82, 2.24) is 0 Å². The lowest BCUT2D eigenvalue weighted by Crippen LogP contribution is -1.97. The van der Waals surface area contributed by atoms with Crippen LogP contribution in [-0.4, -0.2) is 6.61 Å². The van der Waals surface area contributed by atoms with Crippen molar-refractivity contribution in [3.05, 3.63) is 28.5 Å². The van der Waals surface area contributed by atoms with Crippen LogP contribution in [0.5, 0.6) is 5.75 Å². The van der Waals surface area contributed by atoms with Gasteiger partial charge in [-0.05, 0) is 18.2 Å². The molecule has 0 aliphatic heterocycles. The number of benzene rings is 1. The first-order chi connectivity index (χ1) is 6.24. The number of nitriles is 1. The molecular formula is C9H7BrFNO. The van der Waals surface area contributed by atoms with E-state index in [4.69, 9.17) is 10.00 Å². The van der Waals surface area contributed by atoms with Crippen LogP contribution in [0.4, 0.5) is 4.39 Å². The number of ether oxygens (including phenoxy) is 1. The number of halogens is 2. The van der Waals surface area contributed by atoms with Crippen LogP contribution in [-0.2, 0) is 0 Å². The SMILES string of the molecule is N#CCCOc1ccc(Br)cc1F. The van der Waals surface area contributed by atoms with Crippen LogP contribution >= 0.6 is 15.9 Å². The van der Waals surface area contributed by atoms with Gasteiger partial charge in [0.15, 0.2) is 11.6 Å². The van der Waals surface area contributed by atoms with E-state index in [1.54, 1.807) is 6.07 Å². The predicted octanol–water partition coefficient (Wildman–Crippen LogP) is 2.88. The van der Waals surface area contributed by atoms with Crippen LogP contribution in [0.3, 0.4) is 0 Å². The van der Waals surface area contributed by atoms with Gasteiger partial charge in [-0.25, -0.2) is 4.39 Å². The van der Waals surface area contributed by atoms with Gasteiger partial charge in [-0.15, -0.1) is 0 Å². The predicted molar refractivity (Wildman–Crippen MR) is 49.8 cm³/mol. The second-order valence-electron chi connectivity index (χ2n) is 2.33. The lowest BCUT2D eigenvalue weighted by Gasteiger charge is -2.04. The monoisotopic (exact) mass is 243 g/mol. The van der Waals surface area contributed by atoms with Gasteiger partial charge < -0.3 is 4.74 Å². The smallest absolute Gasteiger partial charge is 0.166 e. The normalized spacial score (nSPS) is 9.31. The molecule has 68 valence electrons. The molecule has 0 N–H and O–H groups in total. The summed E-state index contributed by atoms with van der Waals surface area (Å²) in [5.74, 6) is -0.245. The van der Waals surface area contributed by atoms with Crippen molar-refractivity contribution in [3.8, 4) is 11.8 Å². The number of nitrogens with zero attached hydrogens (tertiary/aromatic N) is 1. The molecule has 0 saturated carbocycles. The molecule has 4 heteroatoms. The molecule has 0 amide bonds. The summed E-state index contributed by atoms with van der Waals surface area (Å²) in [5, 5.41) is 8.23. The fourth-order valence-electron chi connectivity index (χ4n) is 0.799. The topological polar surface area (TPSA) is 33.0 Å². The zero-order chi connectivity index (χ0) is 9.68. The second-order valence-corrected chi connectivity index (χ2v) is 3.25. The van der Waals surface area contributed by atoms with E-state index in [-0.39, 0.29) is 18.8 Å². The first-order valence-electron chi connectivity index (χ1n) is 3.69. The molecule has 0 aliphatic rings. The molecular weight excluding hydrogens is 237 g/mol. The van der Waals surface area contributed by atoms with Crippen molar-refractivity contribution in [2.75, 3.05) is 6.61 Å². The molecule has 1 aromatic carbocycles. The Hall–Kier alpha value is -1.08. The summed E-state index contributed by atoms with van der Waals surface area (Å²) in [7, 11) is 0. The Balaban J connectivity index is 2.62. The first kappa shape index (κ1) is 10.0. The van der Waals surface area contributed by atoms with E-state index >= 15 is 0 Å². The Morgan fingerprint density at radius 2 is 2.31 bits per heavy atom. The van der Waals surface area contributed by atoms with Crippen LogP contribution in [0.2, 0.25) is 0 Å². The third-order valence-electron chi connectivity index (χ3n) is 1.37. The Morgan fingerprint density at radius 1 is 1.54 bits per heavy atom. The van der Waals surface area contributed by atoms with Crippen molar-refractivity contribution < 1.29 is 9.13 Å². The van der Waals surface area contributed by atoms with Gasteiger partial charge in [-0.2, -0.15) is 5.26 Å². The molecule has 0 spiro atoms. The first-order valence-corrected chi connectivity index (χ1v) is 4.48. The molecule has 0 saturated heterocycles. The highest BCUT2D eigenvalue weighted by atomic mass is 79.9. The standard InChI is InChI=1S/C9H7BrFNO/c10-7-2-3-9(8(11)6-7)13-5-1-4-12/h2-3,6H,1,5H2. The van der Waals surface area contributed by atoms with Crippen molar-refractivity contribution in [2.45, 2.75) is 6.42 Å². The Labute approximate surface area is 84.1 Å². The van der Waals surface area contributed by atoms with Crippen molar-refractivity contribution in [1.29, 1.82) is 5.26 Å². The fourth-order valence-corrected chi connectivity index (χ4v) is 1.13. The van der Waals surface area contributed by atoms with Crippen LogP contribution in [0.1, 0.15) is 6.42 Å². The largest absolute Gasteiger partial charge is 0.489 e. The van der Waals surface area contributed by atoms with E-state index in [0.29, 0.717) is 4.47 Å². The van der Waals surface area contributed by atoms with Crippen LogP contribution < -0.4 is 4.74 Å². The summed E-state index contributed by atoms with van der Waals surface area (Å²) < 4.78 is 18.7. The van der Waals surface area contributed by atoms with Gasteiger partial charge >= 0.3 is 0 Å². The average Bonchev–Trinajstić information content (AvgIpc) is 2.09. The molecule has 0 radical (unpaired) electrons. The molecule has 2 nitrogen and oxygen atoms in total. The van der Waals surface area contributed by atoms with E-state index in [9.17, 15) is 4.39 Å². The Bertz CT molecular complexity index is 335.